The van der Waals surface area contributed by atoms with E-state index in [1.807, 2.05) is 13.8 Å². The fourth-order valence-electron chi connectivity index (χ4n) is 3.73. The quantitative estimate of drug-likeness (QED) is 0.778. The summed E-state index contributed by atoms with van der Waals surface area (Å²) in [6, 6.07) is 0.862. The molecule has 5 nitrogen and oxygen atoms in total. The molecule has 0 unspecified atom stereocenters. The number of hydrogen-bond donors (Lipinski definition) is 1. The van der Waals surface area contributed by atoms with Gasteiger partial charge in [0, 0.05) is 32.1 Å². The molecule has 2 rings (SSSR count). The van der Waals surface area contributed by atoms with Gasteiger partial charge in [0.2, 0.25) is 5.91 Å². The first kappa shape index (κ1) is 18.7. The normalized spacial score (nSPS) is 25.0. The Labute approximate surface area is 141 Å². The van der Waals surface area contributed by atoms with Gasteiger partial charge in [0.05, 0.1) is 18.8 Å². The van der Waals surface area contributed by atoms with E-state index in [-0.39, 0.29) is 12.0 Å². The first-order chi connectivity index (χ1) is 11.0. The van der Waals surface area contributed by atoms with Crippen LogP contribution in [0.2, 0.25) is 0 Å². The lowest BCUT2D eigenvalue weighted by atomic mass is 9.89. The third-order valence-electron chi connectivity index (χ3n) is 5.11. The molecule has 0 aromatic rings. The Kier molecular flexibility index (Phi) is 7.31. The topological polar surface area (TPSA) is 53.0 Å². The standard InChI is InChI=1S/C18H34N2O3/c1-14(2)23-13-18(22)12-19-10-5-8-17(9-11-19)20(15(3)21)16-6-4-7-16/h14,16-18,22H,4-13H2,1-3H3/t17-,18-/m0/s1. The van der Waals surface area contributed by atoms with Crippen LogP contribution in [0.15, 0.2) is 0 Å². The highest BCUT2D eigenvalue weighted by Gasteiger charge is 2.33. The highest BCUT2D eigenvalue weighted by Crippen LogP contribution is 2.30. The Morgan fingerprint density at radius 2 is 1.83 bits per heavy atom. The van der Waals surface area contributed by atoms with E-state index in [1.54, 1.807) is 6.92 Å². The van der Waals surface area contributed by atoms with Crippen molar-refractivity contribution >= 4 is 5.91 Å². The second kappa shape index (κ2) is 9.00. The Morgan fingerprint density at radius 3 is 2.39 bits per heavy atom. The fraction of sp³-hybridized carbons (Fsp3) is 0.944. The number of aliphatic hydroxyl groups is 1. The summed E-state index contributed by atoms with van der Waals surface area (Å²) < 4.78 is 5.49. The van der Waals surface area contributed by atoms with Crippen molar-refractivity contribution in [1.29, 1.82) is 0 Å². The lowest BCUT2D eigenvalue weighted by Crippen LogP contribution is -2.49. The van der Waals surface area contributed by atoms with Gasteiger partial charge in [-0.2, -0.15) is 0 Å². The predicted octanol–water partition coefficient (Wildman–Crippen LogP) is 2.03. The molecule has 0 aromatic heterocycles. The van der Waals surface area contributed by atoms with Crippen LogP contribution in [0.4, 0.5) is 0 Å². The second-order valence-electron chi connectivity index (χ2n) is 7.43. The summed E-state index contributed by atoms with van der Waals surface area (Å²) in [6.45, 7) is 8.72. The van der Waals surface area contributed by atoms with Crippen LogP contribution < -0.4 is 0 Å². The van der Waals surface area contributed by atoms with Gasteiger partial charge in [0.1, 0.15) is 0 Å². The van der Waals surface area contributed by atoms with Gasteiger partial charge >= 0.3 is 0 Å². The van der Waals surface area contributed by atoms with Gasteiger partial charge in [-0.05, 0) is 58.9 Å². The van der Waals surface area contributed by atoms with E-state index < -0.39 is 6.10 Å². The number of likely N-dealkylation sites (tertiary alicyclic amines) is 1. The molecule has 23 heavy (non-hydrogen) atoms. The minimum atomic E-state index is -0.426. The van der Waals surface area contributed by atoms with Crippen LogP contribution in [0.25, 0.3) is 0 Å². The molecule has 1 aliphatic heterocycles. The van der Waals surface area contributed by atoms with Gasteiger partial charge in [-0.15, -0.1) is 0 Å². The third-order valence-corrected chi connectivity index (χ3v) is 5.11. The van der Waals surface area contributed by atoms with Gasteiger partial charge in [0.15, 0.2) is 0 Å². The van der Waals surface area contributed by atoms with Gasteiger partial charge in [-0.3, -0.25) is 4.79 Å². The van der Waals surface area contributed by atoms with E-state index in [0.717, 1.165) is 32.4 Å². The minimum Gasteiger partial charge on any atom is -0.389 e. The Bertz CT molecular complexity index is 371. The lowest BCUT2D eigenvalue weighted by molar-refractivity contribution is -0.136. The Balaban J connectivity index is 1.80. The summed E-state index contributed by atoms with van der Waals surface area (Å²) in [5.74, 6) is 0.235. The van der Waals surface area contributed by atoms with Crippen molar-refractivity contribution in [3.8, 4) is 0 Å². The molecule has 0 radical (unpaired) electrons. The molecule has 5 heteroatoms. The largest absolute Gasteiger partial charge is 0.389 e. The van der Waals surface area contributed by atoms with Crippen LogP contribution in [-0.4, -0.2) is 71.3 Å². The van der Waals surface area contributed by atoms with E-state index in [4.69, 9.17) is 4.74 Å². The molecule has 2 aliphatic rings. The first-order valence-corrected chi connectivity index (χ1v) is 9.28. The molecule has 0 spiro atoms. The molecular formula is C18H34N2O3. The van der Waals surface area contributed by atoms with Crippen molar-refractivity contribution in [1.82, 2.24) is 9.80 Å². The van der Waals surface area contributed by atoms with E-state index in [1.165, 1.54) is 19.3 Å². The molecule has 1 saturated heterocycles. The zero-order valence-electron chi connectivity index (χ0n) is 15.0. The fourth-order valence-corrected chi connectivity index (χ4v) is 3.73. The molecule has 1 amide bonds. The van der Waals surface area contributed by atoms with Crippen molar-refractivity contribution in [3.63, 3.8) is 0 Å². The zero-order chi connectivity index (χ0) is 16.8. The van der Waals surface area contributed by atoms with Crippen molar-refractivity contribution in [2.45, 2.75) is 83.6 Å². The molecule has 0 bridgehead atoms. The summed E-state index contributed by atoms with van der Waals surface area (Å²) >= 11 is 0. The summed E-state index contributed by atoms with van der Waals surface area (Å²) in [4.78, 5) is 16.5. The molecule has 1 aliphatic carbocycles. The van der Waals surface area contributed by atoms with E-state index in [2.05, 4.69) is 9.80 Å². The van der Waals surface area contributed by atoms with Crippen molar-refractivity contribution in [2.24, 2.45) is 0 Å². The molecule has 1 saturated carbocycles. The van der Waals surface area contributed by atoms with E-state index in [0.29, 0.717) is 25.2 Å². The van der Waals surface area contributed by atoms with Crippen LogP contribution >= 0.6 is 0 Å². The van der Waals surface area contributed by atoms with Gasteiger partial charge in [-0.25, -0.2) is 0 Å². The smallest absolute Gasteiger partial charge is 0.219 e. The number of hydrogen-bond acceptors (Lipinski definition) is 4. The number of carbonyl (C=O) groups is 1. The Hall–Kier alpha value is -0.650. The molecule has 1 N–H and O–H groups in total. The SMILES string of the molecule is CC(=O)N(C1CCC1)[C@H]1CCCN(C[C@H](O)COC(C)C)CC1. The lowest BCUT2D eigenvalue weighted by Gasteiger charge is -2.42. The van der Waals surface area contributed by atoms with Gasteiger partial charge in [0.25, 0.3) is 0 Å². The highest BCUT2D eigenvalue weighted by molar-refractivity contribution is 5.74. The third kappa shape index (κ3) is 5.73. The van der Waals surface area contributed by atoms with Crippen LogP contribution in [-0.2, 0) is 9.53 Å². The number of rotatable bonds is 7. The maximum absolute atomic E-state index is 12.1. The number of aliphatic hydroxyl groups excluding tert-OH is 1. The van der Waals surface area contributed by atoms with Crippen molar-refractivity contribution < 1.29 is 14.6 Å². The van der Waals surface area contributed by atoms with Crippen LogP contribution in [0.5, 0.6) is 0 Å². The van der Waals surface area contributed by atoms with Gasteiger partial charge < -0.3 is 19.6 Å². The maximum Gasteiger partial charge on any atom is 0.219 e. The monoisotopic (exact) mass is 326 g/mol. The molecule has 0 aromatic carbocycles. The molecule has 134 valence electrons. The molecule has 2 atom stereocenters. The van der Waals surface area contributed by atoms with Crippen molar-refractivity contribution in [2.75, 3.05) is 26.2 Å². The second-order valence-corrected chi connectivity index (χ2v) is 7.43. The summed E-state index contributed by atoms with van der Waals surface area (Å²) in [7, 11) is 0. The van der Waals surface area contributed by atoms with Crippen LogP contribution in [0.3, 0.4) is 0 Å². The highest BCUT2D eigenvalue weighted by atomic mass is 16.5. The predicted molar refractivity (Wildman–Crippen MR) is 91.3 cm³/mol. The zero-order valence-corrected chi connectivity index (χ0v) is 15.0. The average Bonchev–Trinajstić information content (AvgIpc) is 2.65. The minimum absolute atomic E-state index is 0.157. The van der Waals surface area contributed by atoms with Gasteiger partial charge in [-0.1, -0.05) is 0 Å². The average molecular weight is 326 g/mol. The molecule has 2 fully saturated rings. The van der Waals surface area contributed by atoms with Crippen molar-refractivity contribution in [3.05, 3.63) is 0 Å². The van der Waals surface area contributed by atoms with Crippen LogP contribution in [0, 0.1) is 0 Å². The number of carbonyl (C=O) groups excluding carboxylic acids is 1. The molecular weight excluding hydrogens is 292 g/mol. The maximum atomic E-state index is 12.1. The summed E-state index contributed by atoms with van der Waals surface area (Å²) in [5, 5.41) is 10.1. The number of β-amino-alcohol motifs (C(OH)–C–C–N with tert-alkyl or cyclic N) is 1. The number of nitrogens with zero attached hydrogens (tertiary/aromatic N) is 2. The van der Waals surface area contributed by atoms with E-state index in [9.17, 15) is 9.90 Å². The number of ether oxygens (including phenoxy) is 1. The Morgan fingerprint density at radius 1 is 1.17 bits per heavy atom. The summed E-state index contributed by atoms with van der Waals surface area (Å²) in [6.07, 6.45) is 6.54. The number of amides is 1. The first-order valence-electron chi connectivity index (χ1n) is 9.28. The molecule has 1 heterocycles. The summed E-state index contributed by atoms with van der Waals surface area (Å²) in [5.41, 5.74) is 0. The van der Waals surface area contributed by atoms with E-state index >= 15 is 0 Å². The van der Waals surface area contributed by atoms with Crippen LogP contribution in [0.1, 0.15) is 59.3 Å².